The fourth-order valence-corrected chi connectivity index (χ4v) is 2.15. The maximum atomic E-state index is 12.9. The molecule has 86 valence electrons. The van der Waals surface area contributed by atoms with E-state index in [4.69, 9.17) is 0 Å². The quantitative estimate of drug-likeness (QED) is 0.761. The third kappa shape index (κ3) is 2.61. The van der Waals surface area contributed by atoms with Gasteiger partial charge < -0.3 is 0 Å². The Balaban J connectivity index is 2.44. The Morgan fingerprint density at radius 1 is 1.18 bits per heavy atom. The van der Waals surface area contributed by atoms with Gasteiger partial charge in [0.15, 0.2) is 5.78 Å². The molecule has 2 aromatic carbocycles. The van der Waals surface area contributed by atoms with E-state index in [1.54, 1.807) is 6.07 Å². The van der Waals surface area contributed by atoms with Crippen molar-refractivity contribution in [3.8, 4) is 0 Å². The van der Waals surface area contributed by atoms with E-state index in [0.717, 1.165) is 5.56 Å². The monoisotopic (exact) mass is 292 g/mol. The van der Waals surface area contributed by atoms with Crippen LogP contribution in [0.15, 0.2) is 46.9 Å². The Hall–Kier alpha value is -1.48. The molecule has 0 radical (unpaired) electrons. The van der Waals surface area contributed by atoms with E-state index < -0.39 is 0 Å². The molecule has 2 aromatic rings. The summed E-state index contributed by atoms with van der Waals surface area (Å²) in [5.74, 6) is -0.474. The lowest BCUT2D eigenvalue weighted by Gasteiger charge is -2.04. The average Bonchev–Trinajstić information content (AvgIpc) is 2.28. The molecule has 0 aliphatic carbocycles. The Kier molecular flexibility index (Phi) is 3.38. The lowest BCUT2D eigenvalue weighted by Crippen LogP contribution is -2.02. The Morgan fingerprint density at radius 3 is 2.59 bits per heavy atom. The number of benzene rings is 2. The molecule has 0 aromatic heterocycles. The lowest BCUT2D eigenvalue weighted by molar-refractivity contribution is 0.103. The zero-order valence-corrected chi connectivity index (χ0v) is 10.8. The van der Waals surface area contributed by atoms with Crippen LogP contribution in [-0.4, -0.2) is 5.78 Å². The summed E-state index contributed by atoms with van der Waals surface area (Å²) >= 11 is 3.20. The highest BCUT2D eigenvalue weighted by Gasteiger charge is 2.12. The van der Waals surface area contributed by atoms with Crippen molar-refractivity contribution in [2.24, 2.45) is 0 Å². The van der Waals surface area contributed by atoms with Gasteiger partial charge in [-0.25, -0.2) is 4.39 Å². The zero-order chi connectivity index (χ0) is 12.4. The molecule has 0 saturated heterocycles. The van der Waals surface area contributed by atoms with Crippen LogP contribution < -0.4 is 0 Å². The zero-order valence-electron chi connectivity index (χ0n) is 9.21. The predicted octanol–water partition coefficient (Wildman–Crippen LogP) is 4.13. The summed E-state index contributed by atoms with van der Waals surface area (Å²) < 4.78 is 13.4. The van der Waals surface area contributed by atoms with Gasteiger partial charge in [0.2, 0.25) is 0 Å². The van der Waals surface area contributed by atoms with Gasteiger partial charge in [0.1, 0.15) is 5.82 Å². The Morgan fingerprint density at radius 2 is 1.94 bits per heavy atom. The molecule has 0 N–H and O–H groups in total. The summed E-state index contributed by atoms with van der Waals surface area (Å²) in [6.07, 6.45) is 0. The SMILES string of the molecule is Cc1cccc(C(=O)c2ccc(F)cc2Br)c1. The Labute approximate surface area is 107 Å². The summed E-state index contributed by atoms with van der Waals surface area (Å²) in [5, 5.41) is 0. The number of carbonyl (C=O) groups is 1. The second-order valence-corrected chi connectivity index (χ2v) is 4.68. The number of hydrogen-bond donors (Lipinski definition) is 0. The van der Waals surface area contributed by atoms with Gasteiger partial charge in [-0.2, -0.15) is 0 Å². The highest BCUT2D eigenvalue weighted by molar-refractivity contribution is 9.10. The van der Waals surface area contributed by atoms with Crippen molar-refractivity contribution in [1.29, 1.82) is 0 Å². The fourth-order valence-electron chi connectivity index (χ4n) is 1.62. The predicted molar refractivity (Wildman–Crippen MR) is 68.7 cm³/mol. The maximum absolute atomic E-state index is 12.9. The molecule has 2 rings (SSSR count). The molecule has 1 nitrogen and oxygen atoms in total. The fraction of sp³-hybridized carbons (Fsp3) is 0.0714. The van der Waals surface area contributed by atoms with Crippen LogP contribution in [0.3, 0.4) is 0 Å². The standard InChI is InChI=1S/C14H10BrFO/c1-9-3-2-4-10(7-9)14(17)12-6-5-11(16)8-13(12)15/h2-8H,1H3. The molecule has 0 unspecified atom stereocenters. The van der Waals surface area contributed by atoms with E-state index >= 15 is 0 Å². The van der Waals surface area contributed by atoms with Crippen LogP contribution in [0, 0.1) is 12.7 Å². The molecule has 3 heteroatoms. The van der Waals surface area contributed by atoms with Gasteiger partial charge in [-0.1, -0.05) is 23.8 Å². The molecule has 0 saturated carbocycles. The minimum absolute atomic E-state index is 0.111. The highest BCUT2D eigenvalue weighted by atomic mass is 79.9. The summed E-state index contributed by atoms with van der Waals surface area (Å²) in [7, 11) is 0. The molecule has 0 atom stereocenters. The van der Waals surface area contributed by atoms with Crippen molar-refractivity contribution in [2.75, 3.05) is 0 Å². The van der Waals surface area contributed by atoms with E-state index in [1.807, 2.05) is 25.1 Å². The lowest BCUT2D eigenvalue weighted by atomic mass is 10.0. The molecular weight excluding hydrogens is 283 g/mol. The second kappa shape index (κ2) is 4.80. The smallest absolute Gasteiger partial charge is 0.194 e. The van der Waals surface area contributed by atoms with Crippen LogP contribution in [0.1, 0.15) is 21.5 Å². The summed E-state index contributed by atoms with van der Waals surface area (Å²) in [5.41, 5.74) is 2.10. The molecule has 17 heavy (non-hydrogen) atoms. The molecule has 0 spiro atoms. The summed E-state index contributed by atoms with van der Waals surface area (Å²) in [4.78, 5) is 12.2. The van der Waals surface area contributed by atoms with Crippen LogP contribution in [0.2, 0.25) is 0 Å². The van der Waals surface area contributed by atoms with Gasteiger partial charge in [-0.15, -0.1) is 0 Å². The second-order valence-electron chi connectivity index (χ2n) is 3.82. The molecule has 0 aliphatic rings. The number of ketones is 1. The first-order valence-electron chi connectivity index (χ1n) is 5.14. The highest BCUT2D eigenvalue weighted by Crippen LogP contribution is 2.21. The van der Waals surface area contributed by atoms with Gasteiger partial charge in [0.05, 0.1) is 0 Å². The van der Waals surface area contributed by atoms with Crippen molar-refractivity contribution in [3.05, 3.63) is 69.4 Å². The van der Waals surface area contributed by atoms with Gasteiger partial charge in [0.25, 0.3) is 0 Å². The van der Waals surface area contributed by atoms with Gasteiger partial charge >= 0.3 is 0 Å². The van der Waals surface area contributed by atoms with Crippen molar-refractivity contribution in [2.45, 2.75) is 6.92 Å². The van der Waals surface area contributed by atoms with Crippen LogP contribution in [0.4, 0.5) is 4.39 Å². The molecule has 0 aliphatic heterocycles. The van der Waals surface area contributed by atoms with E-state index in [1.165, 1.54) is 18.2 Å². The van der Waals surface area contributed by atoms with Crippen LogP contribution in [0.5, 0.6) is 0 Å². The van der Waals surface area contributed by atoms with Crippen LogP contribution >= 0.6 is 15.9 Å². The van der Waals surface area contributed by atoms with Gasteiger partial charge in [-0.05, 0) is 47.1 Å². The van der Waals surface area contributed by atoms with Crippen molar-refractivity contribution in [1.82, 2.24) is 0 Å². The van der Waals surface area contributed by atoms with E-state index in [9.17, 15) is 9.18 Å². The van der Waals surface area contributed by atoms with Crippen molar-refractivity contribution < 1.29 is 9.18 Å². The number of halogens is 2. The number of rotatable bonds is 2. The molecule has 0 amide bonds. The minimum Gasteiger partial charge on any atom is -0.289 e. The van der Waals surface area contributed by atoms with Crippen LogP contribution in [0.25, 0.3) is 0 Å². The number of hydrogen-bond acceptors (Lipinski definition) is 1. The topological polar surface area (TPSA) is 17.1 Å². The van der Waals surface area contributed by atoms with Gasteiger partial charge in [-0.3, -0.25) is 4.79 Å². The Bertz CT molecular complexity index is 578. The van der Waals surface area contributed by atoms with Crippen molar-refractivity contribution >= 4 is 21.7 Å². The average molecular weight is 293 g/mol. The van der Waals surface area contributed by atoms with Crippen molar-refractivity contribution in [3.63, 3.8) is 0 Å². The summed E-state index contributed by atoms with van der Waals surface area (Å²) in [6.45, 7) is 1.93. The molecule has 0 bridgehead atoms. The van der Waals surface area contributed by atoms with E-state index in [0.29, 0.717) is 15.6 Å². The molecular formula is C14H10BrFO. The first-order chi connectivity index (χ1) is 8.08. The first kappa shape index (κ1) is 12.0. The maximum Gasteiger partial charge on any atom is 0.194 e. The molecule has 0 fully saturated rings. The van der Waals surface area contributed by atoms with E-state index in [-0.39, 0.29) is 11.6 Å². The van der Waals surface area contributed by atoms with Gasteiger partial charge in [0, 0.05) is 15.6 Å². The molecule has 0 heterocycles. The van der Waals surface area contributed by atoms with Crippen LogP contribution in [-0.2, 0) is 0 Å². The number of carbonyl (C=O) groups excluding carboxylic acids is 1. The normalized spacial score (nSPS) is 10.3. The van der Waals surface area contributed by atoms with E-state index in [2.05, 4.69) is 15.9 Å². The third-order valence-corrected chi connectivity index (χ3v) is 3.11. The largest absolute Gasteiger partial charge is 0.289 e. The third-order valence-electron chi connectivity index (χ3n) is 2.46. The first-order valence-corrected chi connectivity index (χ1v) is 5.93. The summed E-state index contributed by atoms with van der Waals surface area (Å²) in [6, 6.07) is 11.4. The minimum atomic E-state index is -0.363. The number of aryl methyl sites for hydroxylation is 1.